The second-order valence-electron chi connectivity index (χ2n) is 3.38. The van der Waals surface area contributed by atoms with Gasteiger partial charge in [0.05, 0.1) is 19.3 Å². The normalized spacial score (nSPS) is 10.8. The van der Waals surface area contributed by atoms with E-state index in [1.807, 2.05) is 27.8 Å². The predicted molar refractivity (Wildman–Crippen MR) is 57.1 cm³/mol. The molecular weight excluding hydrogens is 190 g/mol. The van der Waals surface area contributed by atoms with Gasteiger partial charge in [-0.1, -0.05) is 0 Å². The van der Waals surface area contributed by atoms with Crippen molar-refractivity contribution in [1.82, 2.24) is 19.3 Å². The molecular formula is C10H15N5. The summed E-state index contributed by atoms with van der Waals surface area (Å²) in [4.78, 5) is 4.17. The lowest BCUT2D eigenvalue weighted by Crippen LogP contribution is -2.08. The fraction of sp³-hybridized carbons (Fsp3) is 0.400. The Labute approximate surface area is 88.5 Å². The van der Waals surface area contributed by atoms with Crippen LogP contribution in [0, 0.1) is 0 Å². The van der Waals surface area contributed by atoms with E-state index in [2.05, 4.69) is 17.0 Å². The molecule has 0 fully saturated rings. The van der Waals surface area contributed by atoms with Gasteiger partial charge in [-0.3, -0.25) is 4.68 Å². The first-order chi connectivity index (χ1) is 7.33. The van der Waals surface area contributed by atoms with Crippen LogP contribution in [-0.2, 0) is 19.6 Å². The minimum Gasteiger partial charge on any atom is -0.329 e. The van der Waals surface area contributed by atoms with Crippen LogP contribution in [0.3, 0.4) is 0 Å². The van der Waals surface area contributed by atoms with Crippen molar-refractivity contribution in [2.45, 2.75) is 26.6 Å². The summed E-state index contributed by atoms with van der Waals surface area (Å²) < 4.78 is 3.95. The number of rotatable bonds is 4. The van der Waals surface area contributed by atoms with E-state index in [9.17, 15) is 0 Å². The van der Waals surface area contributed by atoms with Crippen molar-refractivity contribution in [2.75, 3.05) is 0 Å². The van der Waals surface area contributed by atoms with Crippen molar-refractivity contribution in [2.24, 2.45) is 5.73 Å². The molecule has 0 aromatic carbocycles. The van der Waals surface area contributed by atoms with Crippen LogP contribution in [0.15, 0.2) is 24.8 Å². The molecule has 2 aromatic heterocycles. The molecule has 0 unspecified atom stereocenters. The highest BCUT2D eigenvalue weighted by Crippen LogP contribution is 2.04. The molecule has 0 amide bonds. The van der Waals surface area contributed by atoms with Crippen molar-refractivity contribution in [3.05, 3.63) is 36.2 Å². The van der Waals surface area contributed by atoms with Crippen molar-refractivity contribution in [1.29, 1.82) is 0 Å². The zero-order valence-corrected chi connectivity index (χ0v) is 8.80. The van der Waals surface area contributed by atoms with Gasteiger partial charge in [0.15, 0.2) is 0 Å². The van der Waals surface area contributed by atoms with Crippen LogP contribution >= 0.6 is 0 Å². The second kappa shape index (κ2) is 4.27. The fourth-order valence-corrected chi connectivity index (χ4v) is 1.53. The molecule has 0 spiro atoms. The van der Waals surface area contributed by atoms with Crippen LogP contribution < -0.4 is 5.73 Å². The van der Waals surface area contributed by atoms with E-state index in [0.717, 1.165) is 18.9 Å². The molecule has 80 valence electrons. The van der Waals surface area contributed by atoms with Gasteiger partial charge in [0, 0.05) is 30.7 Å². The van der Waals surface area contributed by atoms with Gasteiger partial charge in [-0.2, -0.15) is 5.10 Å². The van der Waals surface area contributed by atoms with Crippen molar-refractivity contribution in [3.63, 3.8) is 0 Å². The first-order valence-electron chi connectivity index (χ1n) is 5.05. The van der Waals surface area contributed by atoms with Gasteiger partial charge in [0.25, 0.3) is 0 Å². The van der Waals surface area contributed by atoms with E-state index >= 15 is 0 Å². The number of imidazole rings is 1. The minimum absolute atomic E-state index is 0.467. The molecule has 5 nitrogen and oxygen atoms in total. The average Bonchev–Trinajstić information content (AvgIpc) is 2.87. The van der Waals surface area contributed by atoms with Crippen LogP contribution in [0.2, 0.25) is 0 Å². The van der Waals surface area contributed by atoms with Gasteiger partial charge in [-0.15, -0.1) is 0 Å². The maximum absolute atomic E-state index is 5.58. The summed E-state index contributed by atoms with van der Waals surface area (Å²) in [6.07, 6.45) is 7.63. The maximum atomic E-state index is 5.58. The van der Waals surface area contributed by atoms with Gasteiger partial charge < -0.3 is 10.3 Å². The quantitative estimate of drug-likeness (QED) is 0.795. The summed E-state index contributed by atoms with van der Waals surface area (Å²) in [7, 11) is 0. The van der Waals surface area contributed by atoms with E-state index in [1.165, 1.54) is 5.56 Å². The molecule has 0 saturated carbocycles. The molecule has 2 rings (SSSR count). The summed E-state index contributed by atoms with van der Waals surface area (Å²) in [6, 6.07) is 0. The van der Waals surface area contributed by atoms with Crippen LogP contribution in [0.4, 0.5) is 0 Å². The van der Waals surface area contributed by atoms with Crippen LogP contribution in [0.5, 0.6) is 0 Å². The lowest BCUT2D eigenvalue weighted by atomic mass is 10.3. The molecule has 0 atom stereocenters. The molecule has 0 aliphatic rings. The molecule has 0 saturated heterocycles. The lowest BCUT2D eigenvalue weighted by Gasteiger charge is -2.03. The van der Waals surface area contributed by atoms with Gasteiger partial charge in [0.1, 0.15) is 5.82 Å². The zero-order chi connectivity index (χ0) is 10.7. The van der Waals surface area contributed by atoms with Crippen molar-refractivity contribution < 1.29 is 0 Å². The summed E-state index contributed by atoms with van der Waals surface area (Å²) in [6.45, 7) is 4.22. The van der Waals surface area contributed by atoms with Gasteiger partial charge >= 0.3 is 0 Å². The van der Waals surface area contributed by atoms with Crippen LogP contribution in [-0.4, -0.2) is 19.3 Å². The third-order valence-electron chi connectivity index (χ3n) is 2.35. The van der Waals surface area contributed by atoms with E-state index in [1.54, 1.807) is 6.20 Å². The Hall–Kier alpha value is -1.62. The zero-order valence-electron chi connectivity index (χ0n) is 8.80. The Kier molecular flexibility index (Phi) is 2.82. The van der Waals surface area contributed by atoms with E-state index in [4.69, 9.17) is 5.73 Å². The SMILES string of the molecule is CCn1cc(Cn2ccnc2CN)cn1. The van der Waals surface area contributed by atoms with Crippen molar-refractivity contribution in [3.8, 4) is 0 Å². The Bertz CT molecular complexity index is 428. The summed E-state index contributed by atoms with van der Waals surface area (Å²) >= 11 is 0. The lowest BCUT2D eigenvalue weighted by molar-refractivity contribution is 0.657. The third kappa shape index (κ3) is 2.07. The van der Waals surface area contributed by atoms with E-state index < -0.39 is 0 Å². The molecule has 0 radical (unpaired) electrons. The largest absolute Gasteiger partial charge is 0.329 e. The summed E-state index contributed by atoms with van der Waals surface area (Å²) in [5.74, 6) is 0.902. The number of nitrogens with two attached hydrogens (primary N) is 1. The Balaban J connectivity index is 2.14. The van der Waals surface area contributed by atoms with E-state index in [0.29, 0.717) is 6.54 Å². The number of aromatic nitrogens is 4. The van der Waals surface area contributed by atoms with Crippen LogP contribution in [0.25, 0.3) is 0 Å². The molecule has 2 N–H and O–H groups in total. The second-order valence-corrected chi connectivity index (χ2v) is 3.38. The highest BCUT2D eigenvalue weighted by Gasteiger charge is 2.02. The van der Waals surface area contributed by atoms with Gasteiger partial charge in [-0.25, -0.2) is 4.98 Å². The van der Waals surface area contributed by atoms with Gasteiger partial charge in [-0.05, 0) is 6.92 Å². The first kappa shape index (κ1) is 9.92. The Morgan fingerprint density at radius 2 is 2.33 bits per heavy atom. The topological polar surface area (TPSA) is 61.7 Å². The molecule has 15 heavy (non-hydrogen) atoms. The number of aryl methyl sites for hydroxylation is 1. The fourth-order valence-electron chi connectivity index (χ4n) is 1.53. The van der Waals surface area contributed by atoms with E-state index in [-0.39, 0.29) is 0 Å². The molecule has 2 heterocycles. The number of hydrogen-bond donors (Lipinski definition) is 1. The standard InChI is InChI=1S/C10H15N5/c1-2-15-8-9(6-13-15)7-14-4-3-12-10(14)5-11/h3-4,6,8H,2,5,7,11H2,1H3. The highest BCUT2D eigenvalue weighted by atomic mass is 15.3. The minimum atomic E-state index is 0.467. The number of nitrogens with zero attached hydrogens (tertiary/aromatic N) is 4. The summed E-state index contributed by atoms with van der Waals surface area (Å²) in [5.41, 5.74) is 6.75. The third-order valence-corrected chi connectivity index (χ3v) is 2.35. The smallest absolute Gasteiger partial charge is 0.122 e. The average molecular weight is 205 g/mol. The molecule has 2 aromatic rings. The van der Waals surface area contributed by atoms with Gasteiger partial charge in [0.2, 0.25) is 0 Å². The molecule has 0 aliphatic carbocycles. The number of hydrogen-bond acceptors (Lipinski definition) is 3. The monoisotopic (exact) mass is 205 g/mol. The predicted octanol–water partition coefficient (Wildman–Crippen LogP) is 0.606. The molecule has 0 bridgehead atoms. The highest BCUT2D eigenvalue weighted by molar-refractivity contribution is 5.06. The molecule has 0 aliphatic heterocycles. The Morgan fingerprint density at radius 3 is 3.00 bits per heavy atom. The Morgan fingerprint density at radius 1 is 1.47 bits per heavy atom. The summed E-state index contributed by atoms with van der Waals surface area (Å²) in [5, 5.41) is 4.22. The first-order valence-corrected chi connectivity index (χ1v) is 5.05. The van der Waals surface area contributed by atoms with Crippen LogP contribution in [0.1, 0.15) is 18.3 Å². The molecule has 5 heteroatoms. The van der Waals surface area contributed by atoms with Crippen molar-refractivity contribution >= 4 is 0 Å². The maximum Gasteiger partial charge on any atom is 0.122 e.